The first-order chi connectivity index (χ1) is 9.59. The zero-order chi connectivity index (χ0) is 15.0. The van der Waals surface area contributed by atoms with Gasteiger partial charge in [0.25, 0.3) is 0 Å². The molecule has 0 aromatic carbocycles. The summed E-state index contributed by atoms with van der Waals surface area (Å²) in [6.45, 7) is 7.07. The zero-order valence-corrected chi connectivity index (χ0v) is 13.4. The molecule has 0 aliphatic heterocycles. The van der Waals surface area contributed by atoms with Gasteiger partial charge in [-0.3, -0.25) is 4.79 Å². The molecule has 1 fully saturated rings. The summed E-state index contributed by atoms with van der Waals surface area (Å²) in [5, 5.41) is 3.01. The number of ether oxygens (including phenoxy) is 1. The van der Waals surface area contributed by atoms with Crippen LogP contribution in [0.5, 0.6) is 0 Å². The van der Waals surface area contributed by atoms with E-state index in [0.717, 1.165) is 31.6 Å². The second kappa shape index (κ2) is 8.63. The molecule has 0 aromatic rings. The van der Waals surface area contributed by atoms with E-state index >= 15 is 0 Å². The highest BCUT2D eigenvalue weighted by Gasteiger charge is 2.35. The van der Waals surface area contributed by atoms with Crippen LogP contribution in [0.1, 0.15) is 65.7 Å². The second-order valence-electron chi connectivity index (χ2n) is 6.11. The van der Waals surface area contributed by atoms with Crippen molar-refractivity contribution in [2.24, 2.45) is 11.7 Å². The lowest BCUT2D eigenvalue weighted by molar-refractivity contribution is -0.137. The molecule has 1 aliphatic rings. The maximum absolute atomic E-state index is 11.9. The Bertz CT molecular complexity index is 282. The van der Waals surface area contributed by atoms with Crippen molar-refractivity contribution in [3.8, 4) is 0 Å². The number of amides is 1. The monoisotopic (exact) mass is 284 g/mol. The van der Waals surface area contributed by atoms with E-state index in [4.69, 9.17) is 10.5 Å². The van der Waals surface area contributed by atoms with Crippen LogP contribution < -0.4 is 11.1 Å². The van der Waals surface area contributed by atoms with Gasteiger partial charge in [-0.1, -0.05) is 27.2 Å². The van der Waals surface area contributed by atoms with Crippen LogP contribution in [-0.4, -0.2) is 30.7 Å². The minimum atomic E-state index is -0.267. The Kier molecular flexibility index (Phi) is 7.52. The molecule has 4 heteroatoms. The highest BCUT2D eigenvalue weighted by Crippen LogP contribution is 2.35. The summed E-state index contributed by atoms with van der Waals surface area (Å²) in [5.74, 6) is 0.792. The molecule has 0 saturated heterocycles. The van der Waals surface area contributed by atoms with Crippen molar-refractivity contribution in [3.63, 3.8) is 0 Å². The third-order valence-electron chi connectivity index (χ3n) is 4.83. The number of hydrogen-bond donors (Lipinski definition) is 2. The molecule has 1 rings (SSSR count). The van der Waals surface area contributed by atoms with Gasteiger partial charge in [-0.15, -0.1) is 0 Å². The third kappa shape index (κ3) is 5.06. The lowest BCUT2D eigenvalue weighted by Gasteiger charge is -2.39. The van der Waals surface area contributed by atoms with Crippen molar-refractivity contribution in [1.29, 1.82) is 0 Å². The van der Waals surface area contributed by atoms with E-state index in [9.17, 15) is 4.79 Å². The minimum Gasteiger partial charge on any atom is -0.364 e. The maximum Gasteiger partial charge on any atom is 0.246 e. The summed E-state index contributed by atoms with van der Waals surface area (Å²) in [5.41, 5.74) is 5.64. The topological polar surface area (TPSA) is 64.3 Å². The van der Waals surface area contributed by atoms with Gasteiger partial charge in [0, 0.05) is 12.6 Å². The predicted octanol–water partition coefficient (Wildman–Crippen LogP) is 2.61. The summed E-state index contributed by atoms with van der Waals surface area (Å²) >= 11 is 0. The van der Waals surface area contributed by atoms with Gasteiger partial charge in [0.05, 0.1) is 5.60 Å². The van der Waals surface area contributed by atoms with Crippen LogP contribution >= 0.6 is 0 Å². The average Bonchev–Trinajstić information content (AvgIpc) is 2.51. The molecule has 0 atom stereocenters. The van der Waals surface area contributed by atoms with E-state index in [2.05, 4.69) is 26.1 Å². The Morgan fingerprint density at radius 2 is 1.90 bits per heavy atom. The highest BCUT2D eigenvalue weighted by atomic mass is 16.5. The van der Waals surface area contributed by atoms with Crippen LogP contribution in [0.3, 0.4) is 0 Å². The fourth-order valence-electron chi connectivity index (χ4n) is 3.00. The molecule has 0 bridgehead atoms. The Labute approximate surface area is 123 Å². The number of carbonyl (C=O) groups excluding carboxylic acids is 1. The molecule has 1 aliphatic carbocycles. The van der Waals surface area contributed by atoms with E-state index in [-0.39, 0.29) is 24.2 Å². The van der Waals surface area contributed by atoms with Gasteiger partial charge in [0.2, 0.25) is 5.91 Å². The first kappa shape index (κ1) is 17.4. The van der Waals surface area contributed by atoms with Crippen LogP contribution in [0.4, 0.5) is 0 Å². The van der Waals surface area contributed by atoms with Gasteiger partial charge in [-0.25, -0.2) is 0 Å². The number of carbonyl (C=O) groups is 1. The fraction of sp³-hybridized carbons (Fsp3) is 0.938. The van der Waals surface area contributed by atoms with E-state index in [0.29, 0.717) is 6.54 Å². The second-order valence-corrected chi connectivity index (χ2v) is 6.11. The smallest absolute Gasteiger partial charge is 0.246 e. The Morgan fingerprint density at radius 3 is 2.35 bits per heavy atom. The third-order valence-corrected chi connectivity index (χ3v) is 4.83. The van der Waals surface area contributed by atoms with Crippen LogP contribution in [0, 0.1) is 5.92 Å². The van der Waals surface area contributed by atoms with Gasteiger partial charge in [-0.2, -0.15) is 0 Å². The first-order valence-electron chi connectivity index (χ1n) is 8.22. The molecule has 1 saturated carbocycles. The molecule has 1 amide bonds. The molecule has 3 N–H and O–H groups in total. The molecular weight excluding hydrogens is 252 g/mol. The summed E-state index contributed by atoms with van der Waals surface area (Å²) in [6, 6.07) is 0.260. The summed E-state index contributed by atoms with van der Waals surface area (Å²) in [7, 11) is 0. The average molecular weight is 284 g/mol. The van der Waals surface area contributed by atoms with E-state index in [1.54, 1.807) is 0 Å². The summed E-state index contributed by atoms with van der Waals surface area (Å²) < 4.78 is 5.93. The molecular formula is C16H32N2O2. The van der Waals surface area contributed by atoms with Gasteiger partial charge < -0.3 is 15.8 Å². The Morgan fingerprint density at radius 1 is 1.30 bits per heavy atom. The highest BCUT2D eigenvalue weighted by molar-refractivity contribution is 5.77. The quantitative estimate of drug-likeness (QED) is 0.720. The van der Waals surface area contributed by atoms with Crippen LogP contribution in [-0.2, 0) is 9.53 Å². The maximum atomic E-state index is 11.9. The van der Waals surface area contributed by atoms with Gasteiger partial charge in [0.1, 0.15) is 6.61 Å². The number of nitrogens with one attached hydrogen (secondary N) is 1. The van der Waals surface area contributed by atoms with Crippen molar-refractivity contribution in [3.05, 3.63) is 0 Å². The summed E-state index contributed by atoms with van der Waals surface area (Å²) in [4.78, 5) is 11.9. The fourth-order valence-corrected chi connectivity index (χ4v) is 3.00. The molecule has 0 aromatic heterocycles. The first-order valence-corrected chi connectivity index (χ1v) is 8.22. The largest absolute Gasteiger partial charge is 0.364 e. The molecule has 20 heavy (non-hydrogen) atoms. The van der Waals surface area contributed by atoms with Crippen molar-refractivity contribution >= 4 is 5.91 Å². The molecule has 0 heterocycles. The number of hydrogen-bond acceptors (Lipinski definition) is 3. The lowest BCUT2D eigenvalue weighted by Crippen LogP contribution is -2.47. The van der Waals surface area contributed by atoms with Gasteiger partial charge in [0.15, 0.2) is 0 Å². The summed E-state index contributed by atoms with van der Waals surface area (Å²) in [6.07, 6.45) is 7.46. The molecule has 0 radical (unpaired) electrons. The van der Waals surface area contributed by atoms with Crippen molar-refractivity contribution in [2.45, 2.75) is 77.4 Å². The molecule has 0 spiro atoms. The molecule has 0 unspecified atom stereocenters. The Hall–Kier alpha value is -0.610. The van der Waals surface area contributed by atoms with E-state index < -0.39 is 0 Å². The normalized spacial score (nSPS) is 26.8. The van der Waals surface area contributed by atoms with Crippen LogP contribution in [0.25, 0.3) is 0 Å². The van der Waals surface area contributed by atoms with Gasteiger partial charge in [-0.05, 0) is 44.4 Å². The van der Waals surface area contributed by atoms with Gasteiger partial charge >= 0.3 is 0 Å². The minimum absolute atomic E-state index is 0.0101. The number of nitrogens with two attached hydrogens (primary N) is 1. The van der Waals surface area contributed by atoms with E-state index in [1.165, 1.54) is 19.3 Å². The van der Waals surface area contributed by atoms with E-state index in [1.807, 2.05) is 0 Å². The number of rotatable bonds is 8. The zero-order valence-electron chi connectivity index (χ0n) is 13.4. The van der Waals surface area contributed by atoms with Crippen molar-refractivity contribution < 1.29 is 9.53 Å². The lowest BCUT2D eigenvalue weighted by atomic mass is 9.77. The Balaban J connectivity index is 2.39. The molecule has 4 nitrogen and oxygen atoms in total. The van der Waals surface area contributed by atoms with Crippen LogP contribution in [0.15, 0.2) is 0 Å². The predicted molar refractivity (Wildman–Crippen MR) is 82.5 cm³/mol. The molecule has 118 valence electrons. The van der Waals surface area contributed by atoms with Crippen LogP contribution in [0.2, 0.25) is 0 Å². The van der Waals surface area contributed by atoms with Crippen molar-refractivity contribution in [1.82, 2.24) is 5.32 Å². The van der Waals surface area contributed by atoms with Crippen molar-refractivity contribution in [2.75, 3.05) is 13.2 Å². The SMILES string of the molecule is CCC1CCC(CN)(OCC(=O)NC(CC)CC)CC1. The standard InChI is InChI=1S/C16H32N2O2/c1-4-13-7-9-16(12-17,10-8-13)20-11-15(19)18-14(5-2)6-3/h13-14H,4-12,17H2,1-3H3,(H,18,19).